The van der Waals surface area contributed by atoms with E-state index in [1.165, 1.54) is 12.8 Å². The van der Waals surface area contributed by atoms with Crippen LogP contribution in [0.1, 0.15) is 56.2 Å². The Hall–Kier alpha value is -1.77. The van der Waals surface area contributed by atoms with E-state index >= 15 is 0 Å². The third-order valence-electron chi connectivity index (χ3n) is 6.50. The van der Waals surface area contributed by atoms with Gasteiger partial charge in [-0.25, -0.2) is 8.42 Å². The van der Waals surface area contributed by atoms with Gasteiger partial charge in [0.15, 0.2) is 5.82 Å². The van der Waals surface area contributed by atoms with Crippen LogP contribution < -0.4 is 0 Å². The van der Waals surface area contributed by atoms with Crippen molar-refractivity contribution >= 4 is 10.0 Å². The van der Waals surface area contributed by atoms with Gasteiger partial charge in [-0.2, -0.15) is 9.29 Å². The lowest BCUT2D eigenvalue weighted by Gasteiger charge is -2.45. The molecule has 7 nitrogen and oxygen atoms in total. The molecule has 29 heavy (non-hydrogen) atoms. The highest BCUT2D eigenvalue weighted by Gasteiger charge is 2.43. The van der Waals surface area contributed by atoms with Crippen molar-refractivity contribution in [3.05, 3.63) is 42.0 Å². The predicted octanol–water partition coefficient (Wildman–Crippen LogP) is 3.14. The number of benzene rings is 1. The first-order valence-electron chi connectivity index (χ1n) is 10.6. The van der Waals surface area contributed by atoms with E-state index in [0.29, 0.717) is 36.4 Å². The molecule has 1 spiro atoms. The molecule has 8 heteroatoms. The van der Waals surface area contributed by atoms with Gasteiger partial charge in [0.2, 0.25) is 15.9 Å². The third-order valence-corrected chi connectivity index (χ3v) is 8.41. The molecule has 1 aromatic carbocycles. The van der Waals surface area contributed by atoms with E-state index in [1.807, 2.05) is 6.07 Å². The number of piperidine rings is 1. The maximum absolute atomic E-state index is 12.9. The summed E-state index contributed by atoms with van der Waals surface area (Å²) in [4.78, 5) is 4.93. The lowest BCUT2D eigenvalue weighted by molar-refractivity contribution is -0.121. The number of sulfonamides is 1. The molecule has 1 aliphatic carbocycles. The van der Waals surface area contributed by atoms with Gasteiger partial charge in [-0.05, 0) is 56.6 Å². The summed E-state index contributed by atoms with van der Waals surface area (Å²) in [6.07, 6.45) is 6.49. The van der Waals surface area contributed by atoms with Crippen molar-refractivity contribution in [3.63, 3.8) is 0 Å². The first-order chi connectivity index (χ1) is 14.0. The summed E-state index contributed by atoms with van der Waals surface area (Å²) in [5.41, 5.74) is -0.231. The minimum Gasteiger partial charge on any atom is -0.375 e. The van der Waals surface area contributed by atoms with Crippen LogP contribution in [0.2, 0.25) is 0 Å². The Labute approximate surface area is 171 Å². The second kappa shape index (κ2) is 7.49. The predicted molar refractivity (Wildman–Crippen MR) is 106 cm³/mol. The summed E-state index contributed by atoms with van der Waals surface area (Å²) in [5.74, 6) is 2.54. The third kappa shape index (κ3) is 3.98. The number of hydrogen-bond donors (Lipinski definition) is 0. The fourth-order valence-electron chi connectivity index (χ4n) is 4.63. The molecule has 1 atom stereocenters. The molecule has 0 amide bonds. The zero-order valence-corrected chi connectivity index (χ0v) is 17.3. The number of ether oxygens (including phenoxy) is 1. The molecule has 2 aliphatic heterocycles. The summed E-state index contributed by atoms with van der Waals surface area (Å²) in [7, 11) is -3.43. The number of hydrogen-bond acceptors (Lipinski definition) is 6. The summed E-state index contributed by atoms with van der Waals surface area (Å²) >= 11 is 0. The van der Waals surface area contributed by atoms with Gasteiger partial charge in [-0.3, -0.25) is 0 Å². The van der Waals surface area contributed by atoms with Crippen molar-refractivity contribution in [1.29, 1.82) is 0 Å². The standard InChI is InChI=1S/C21H27N3O4S/c25-29(26,18-4-2-1-3-5-18)24-11-9-21(10-12-24)15-16(8-13-27-21)14-19-22-20(23-28-19)17-6-7-17/h1-5,16-17H,6-15H2. The highest BCUT2D eigenvalue weighted by molar-refractivity contribution is 7.89. The van der Waals surface area contributed by atoms with Crippen LogP contribution >= 0.6 is 0 Å². The minimum absolute atomic E-state index is 0.231. The molecule has 2 aromatic rings. The van der Waals surface area contributed by atoms with Crippen molar-refractivity contribution in [2.24, 2.45) is 5.92 Å². The normalized spacial score (nSPS) is 25.3. The zero-order valence-electron chi connectivity index (χ0n) is 16.5. The quantitative estimate of drug-likeness (QED) is 0.743. The van der Waals surface area contributed by atoms with Gasteiger partial charge >= 0.3 is 0 Å². The van der Waals surface area contributed by atoms with Crippen LogP contribution in [0.15, 0.2) is 39.8 Å². The lowest BCUT2D eigenvalue weighted by Crippen LogP contribution is -2.50. The molecule has 2 saturated heterocycles. The summed E-state index contributed by atoms with van der Waals surface area (Å²) in [6, 6.07) is 8.68. The Morgan fingerprint density at radius 3 is 2.59 bits per heavy atom. The second-order valence-corrected chi connectivity index (χ2v) is 10.6. The van der Waals surface area contributed by atoms with Crippen LogP contribution in [0.25, 0.3) is 0 Å². The van der Waals surface area contributed by atoms with E-state index < -0.39 is 10.0 Å². The van der Waals surface area contributed by atoms with E-state index in [2.05, 4.69) is 10.1 Å². The molecule has 1 saturated carbocycles. The Kier molecular flexibility index (Phi) is 4.96. The van der Waals surface area contributed by atoms with Gasteiger partial charge in [0.1, 0.15) is 0 Å². The highest BCUT2D eigenvalue weighted by atomic mass is 32.2. The van der Waals surface area contributed by atoms with Crippen molar-refractivity contribution in [1.82, 2.24) is 14.4 Å². The molecular weight excluding hydrogens is 390 g/mol. The topological polar surface area (TPSA) is 85.5 Å². The Morgan fingerprint density at radius 2 is 1.86 bits per heavy atom. The van der Waals surface area contributed by atoms with Crippen molar-refractivity contribution < 1.29 is 17.7 Å². The average Bonchev–Trinajstić information content (AvgIpc) is 3.49. The van der Waals surface area contributed by atoms with E-state index in [0.717, 1.165) is 43.8 Å². The Balaban J connectivity index is 1.21. The fraction of sp³-hybridized carbons (Fsp3) is 0.619. The van der Waals surface area contributed by atoms with Crippen LogP contribution in [0, 0.1) is 5.92 Å². The smallest absolute Gasteiger partial charge is 0.243 e. The van der Waals surface area contributed by atoms with Gasteiger partial charge in [0.25, 0.3) is 0 Å². The minimum atomic E-state index is -3.43. The average molecular weight is 418 g/mol. The van der Waals surface area contributed by atoms with E-state index in [4.69, 9.17) is 9.26 Å². The van der Waals surface area contributed by atoms with Gasteiger partial charge in [0.05, 0.1) is 10.5 Å². The molecule has 3 heterocycles. The number of rotatable bonds is 5. The summed E-state index contributed by atoms with van der Waals surface area (Å²) in [5, 5.41) is 4.12. The summed E-state index contributed by atoms with van der Waals surface area (Å²) < 4.78 is 39.0. The second-order valence-electron chi connectivity index (χ2n) is 8.63. The van der Waals surface area contributed by atoms with E-state index in [9.17, 15) is 8.42 Å². The van der Waals surface area contributed by atoms with Gasteiger partial charge in [-0.1, -0.05) is 23.4 Å². The summed E-state index contributed by atoms with van der Waals surface area (Å²) in [6.45, 7) is 1.70. The fourth-order valence-corrected chi connectivity index (χ4v) is 6.10. The van der Waals surface area contributed by atoms with E-state index in [-0.39, 0.29) is 5.60 Å². The van der Waals surface area contributed by atoms with Crippen LogP contribution in [0.4, 0.5) is 0 Å². The molecule has 1 unspecified atom stereocenters. The highest BCUT2D eigenvalue weighted by Crippen LogP contribution is 2.41. The van der Waals surface area contributed by atoms with Crippen LogP contribution in [0.5, 0.6) is 0 Å². The molecular formula is C21H27N3O4S. The Bertz CT molecular complexity index is 947. The van der Waals surface area contributed by atoms with E-state index in [1.54, 1.807) is 28.6 Å². The molecule has 3 aliphatic rings. The monoisotopic (exact) mass is 417 g/mol. The molecule has 0 bridgehead atoms. The first kappa shape index (κ1) is 19.2. The molecule has 156 valence electrons. The van der Waals surface area contributed by atoms with Crippen LogP contribution in [0.3, 0.4) is 0 Å². The van der Waals surface area contributed by atoms with Crippen molar-refractivity contribution in [2.45, 2.75) is 61.4 Å². The molecule has 0 radical (unpaired) electrons. The molecule has 5 rings (SSSR count). The van der Waals surface area contributed by atoms with Crippen LogP contribution in [-0.4, -0.2) is 48.2 Å². The lowest BCUT2D eigenvalue weighted by atomic mass is 9.79. The molecule has 3 fully saturated rings. The maximum Gasteiger partial charge on any atom is 0.243 e. The number of nitrogens with zero attached hydrogens (tertiary/aromatic N) is 3. The van der Waals surface area contributed by atoms with Crippen molar-refractivity contribution in [2.75, 3.05) is 19.7 Å². The molecule has 1 aromatic heterocycles. The number of aromatic nitrogens is 2. The van der Waals surface area contributed by atoms with Gasteiger partial charge in [-0.15, -0.1) is 0 Å². The van der Waals surface area contributed by atoms with Gasteiger partial charge < -0.3 is 9.26 Å². The largest absolute Gasteiger partial charge is 0.375 e. The first-order valence-corrected chi connectivity index (χ1v) is 12.0. The zero-order chi connectivity index (χ0) is 19.9. The Morgan fingerprint density at radius 1 is 1.10 bits per heavy atom. The maximum atomic E-state index is 12.9. The molecule has 0 N–H and O–H groups in total. The van der Waals surface area contributed by atoms with Crippen LogP contribution in [-0.2, 0) is 21.2 Å². The van der Waals surface area contributed by atoms with Gasteiger partial charge in [0, 0.05) is 32.0 Å². The SMILES string of the molecule is O=S(=O)(c1ccccc1)N1CCC2(CC1)CC(Cc1nc(C3CC3)no1)CCO2. The van der Waals surface area contributed by atoms with Crippen molar-refractivity contribution in [3.8, 4) is 0 Å².